The third-order valence-corrected chi connectivity index (χ3v) is 3.69. The van der Waals surface area contributed by atoms with E-state index in [1.54, 1.807) is 30.9 Å². The average Bonchev–Trinajstić information content (AvgIpc) is 3.17. The van der Waals surface area contributed by atoms with E-state index in [2.05, 4.69) is 15.1 Å². The van der Waals surface area contributed by atoms with E-state index in [0.717, 1.165) is 17.0 Å². The van der Waals surface area contributed by atoms with E-state index in [1.807, 2.05) is 30.3 Å². The molecular weight excluding hydrogens is 324 g/mol. The Kier molecular flexibility index (Phi) is 6.09. The first-order chi connectivity index (χ1) is 11.7. The fourth-order valence-electron chi connectivity index (χ4n) is 1.83. The Hall–Kier alpha value is -3.13. The van der Waals surface area contributed by atoms with Crippen LogP contribution in [0.3, 0.4) is 0 Å². The van der Waals surface area contributed by atoms with Crippen LogP contribution in [0.1, 0.15) is 5.01 Å². The Morgan fingerprint density at radius 1 is 1.21 bits per heavy atom. The number of pyridine rings is 1. The Balaban J connectivity index is 0.000000198. The number of nitrogens with two attached hydrogens (primary N) is 1. The van der Waals surface area contributed by atoms with Gasteiger partial charge in [0.2, 0.25) is 5.84 Å². The summed E-state index contributed by atoms with van der Waals surface area (Å²) in [5, 5.41) is 12.1. The lowest BCUT2D eigenvalue weighted by atomic mass is 10.1. The van der Waals surface area contributed by atoms with Gasteiger partial charge in [-0.05, 0) is 24.3 Å². The van der Waals surface area contributed by atoms with Crippen molar-refractivity contribution < 1.29 is 4.74 Å². The molecule has 8 heteroatoms. The smallest absolute Gasteiger partial charge is 0.202 e. The lowest BCUT2D eigenvalue weighted by Gasteiger charge is -2.08. The summed E-state index contributed by atoms with van der Waals surface area (Å²) in [5.74, 6) is 0.665. The number of nitrogens with one attached hydrogen (secondary N) is 2. The molecule has 0 amide bonds. The van der Waals surface area contributed by atoms with Crippen LogP contribution in [0.5, 0.6) is 5.75 Å². The van der Waals surface area contributed by atoms with Gasteiger partial charge in [-0.25, -0.2) is 10.5 Å². The zero-order valence-corrected chi connectivity index (χ0v) is 13.7. The summed E-state index contributed by atoms with van der Waals surface area (Å²) in [5.41, 5.74) is 14.7. The molecule has 24 heavy (non-hydrogen) atoms. The molecule has 0 aliphatic rings. The Labute approximate surface area is 143 Å². The molecule has 2 aromatic heterocycles. The highest BCUT2D eigenvalue weighted by molar-refractivity contribution is 7.11. The summed E-state index contributed by atoms with van der Waals surface area (Å²) in [6, 6.07) is 11.3. The summed E-state index contributed by atoms with van der Waals surface area (Å²) in [4.78, 5) is 8.03. The normalized spacial score (nSPS) is 9.54. The minimum atomic E-state index is -0.0787. The van der Waals surface area contributed by atoms with Gasteiger partial charge in [0.1, 0.15) is 5.75 Å². The maximum atomic E-state index is 6.99. The molecule has 0 spiro atoms. The van der Waals surface area contributed by atoms with Crippen LogP contribution in [0, 0.1) is 10.9 Å². The quantitative estimate of drug-likeness (QED) is 0.290. The highest BCUT2D eigenvalue weighted by atomic mass is 32.1. The van der Waals surface area contributed by atoms with Gasteiger partial charge >= 0.3 is 0 Å². The van der Waals surface area contributed by atoms with Crippen LogP contribution in [0.15, 0.2) is 59.3 Å². The Morgan fingerprint density at radius 3 is 2.62 bits per heavy atom. The van der Waals surface area contributed by atoms with Crippen molar-refractivity contribution in [2.24, 2.45) is 5.11 Å². The highest BCUT2D eigenvalue weighted by Crippen LogP contribution is 2.29. The predicted molar refractivity (Wildman–Crippen MR) is 94.7 cm³/mol. The number of methoxy groups -OCH3 is 1. The van der Waals surface area contributed by atoms with Gasteiger partial charge in [0.05, 0.1) is 12.8 Å². The van der Waals surface area contributed by atoms with Crippen LogP contribution >= 0.6 is 11.3 Å². The first kappa shape index (κ1) is 17.2. The van der Waals surface area contributed by atoms with E-state index >= 15 is 0 Å². The van der Waals surface area contributed by atoms with Crippen molar-refractivity contribution in [3.63, 3.8) is 0 Å². The molecular formula is C16H16N6OS. The SMILES string of the molecule is COc1cc(N)ccc1-c1ccccn1.N=NC(=N)c1nccs1. The molecule has 0 aliphatic carbocycles. The fraction of sp³-hybridized carbons (Fsp3) is 0.0625. The summed E-state index contributed by atoms with van der Waals surface area (Å²) in [6.45, 7) is 0. The second-order valence-corrected chi connectivity index (χ2v) is 5.37. The number of hydrogen-bond donors (Lipinski definition) is 3. The van der Waals surface area contributed by atoms with Gasteiger partial charge in [-0.3, -0.25) is 10.4 Å². The second-order valence-electron chi connectivity index (χ2n) is 4.47. The van der Waals surface area contributed by atoms with Crippen LogP contribution in [-0.2, 0) is 0 Å². The van der Waals surface area contributed by atoms with E-state index in [0.29, 0.717) is 10.7 Å². The molecule has 0 bridgehead atoms. The summed E-state index contributed by atoms with van der Waals surface area (Å²) < 4.78 is 5.26. The first-order valence-corrected chi connectivity index (χ1v) is 7.74. The molecule has 0 atom stereocenters. The number of ether oxygens (including phenoxy) is 1. The van der Waals surface area contributed by atoms with Gasteiger partial charge in [0, 0.05) is 35.1 Å². The molecule has 3 rings (SSSR count). The Morgan fingerprint density at radius 2 is 2.04 bits per heavy atom. The largest absolute Gasteiger partial charge is 0.496 e. The van der Waals surface area contributed by atoms with Crippen molar-refractivity contribution in [1.82, 2.24) is 9.97 Å². The lowest BCUT2D eigenvalue weighted by molar-refractivity contribution is 0.416. The molecule has 1 aromatic carbocycles. The number of benzene rings is 1. The zero-order chi connectivity index (χ0) is 17.4. The van der Waals surface area contributed by atoms with Crippen molar-refractivity contribution in [3.8, 4) is 17.0 Å². The molecule has 0 saturated carbocycles. The number of nitrogen functional groups attached to an aromatic ring is 1. The van der Waals surface area contributed by atoms with Crippen LogP contribution in [-0.4, -0.2) is 22.9 Å². The monoisotopic (exact) mass is 340 g/mol. The van der Waals surface area contributed by atoms with E-state index in [4.69, 9.17) is 21.4 Å². The minimum Gasteiger partial charge on any atom is -0.496 e. The fourth-order valence-corrected chi connectivity index (χ4v) is 2.36. The number of aromatic nitrogens is 2. The molecule has 0 radical (unpaired) electrons. The number of rotatable bonds is 3. The lowest BCUT2D eigenvalue weighted by Crippen LogP contribution is -1.92. The van der Waals surface area contributed by atoms with Crippen molar-refractivity contribution in [2.45, 2.75) is 0 Å². The van der Waals surface area contributed by atoms with Crippen molar-refractivity contribution in [1.29, 1.82) is 10.9 Å². The number of nitrogens with zero attached hydrogens (tertiary/aromatic N) is 3. The molecule has 7 nitrogen and oxygen atoms in total. The van der Waals surface area contributed by atoms with Gasteiger partial charge in [-0.15, -0.1) is 16.5 Å². The molecule has 122 valence electrons. The van der Waals surface area contributed by atoms with Crippen molar-refractivity contribution >= 4 is 22.9 Å². The van der Waals surface area contributed by atoms with Crippen LogP contribution < -0.4 is 10.5 Å². The standard InChI is InChI=1S/C12H12N2O.C4H4N4S/c1-15-12-8-9(13)5-6-10(12)11-4-2-3-7-14-11;5-3(8-6)4-7-1-2-9-4/h2-8H,13H2,1H3;1-2,5-6H. The van der Waals surface area contributed by atoms with Crippen LogP contribution in [0.2, 0.25) is 0 Å². The third kappa shape index (κ3) is 4.43. The minimum absolute atomic E-state index is 0.0787. The maximum Gasteiger partial charge on any atom is 0.202 e. The van der Waals surface area contributed by atoms with Crippen molar-refractivity contribution in [2.75, 3.05) is 12.8 Å². The average molecular weight is 340 g/mol. The molecule has 0 unspecified atom stereocenters. The van der Waals surface area contributed by atoms with E-state index in [9.17, 15) is 0 Å². The van der Waals surface area contributed by atoms with Crippen molar-refractivity contribution in [3.05, 3.63) is 59.2 Å². The van der Waals surface area contributed by atoms with Gasteiger partial charge in [-0.2, -0.15) is 0 Å². The van der Waals surface area contributed by atoms with Gasteiger partial charge in [-0.1, -0.05) is 6.07 Å². The second kappa shape index (κ2) is 8.49. The zero-order valence-electron chi connectivity index (χ0n) is 12.9. The van der Waals surface area contributed by atoms with Gasteiger partial charge in [0.25, 0.3) is 0 Å². The maximum absolute atomic E-state index is 6.99. The molecule has 3 aromatic rings. The first-order valence-electron chi connectivity index (χ1n) is 6.86. The summed E-state index contributed by atoms with van der Waals surface area (Å²) in [6.07, 6.45) is 3.34. The van der Waals surface area contributed by atoms with Crippen LogP contribution in [0.25, 0.3) is 11.3 Å². The number of anilines is 1. The van der Waals surface area contributed by atoms with Gasteiger partial charge in [0.15, 0.2) is 5.01 Å². The molecule has 2 heterocycles. The van der Waals surface area contributed by atoms with Crippen LogP contribution in [0.4, 0.5) is 5.69 Å². The molecule has 0 fully saturated rings. The Bertz CT molecular complexity index is 805. The summed E-state index contributed by atoms with van der Waals surface area (Å²) in [7, 11) is 1.63. The molecule has 0 aliphatic heterocycles. The number of thiazole rings is 1. The van der Waals surface area contributed by atoms with E-state index < -0.39 is 0 Å². The highest BCUT2D eigenvalue weighted by Gasteiger charge is 2.06. The number of amidine groups is 1. The van der Waals surface area contributed by atoms with E-state index in [1.165, 1.54) is 11.3 Å². The number of hydrogen-bond acceptors (Lipinski definition) is 7. The predicted octanol–water partition coefficient (Wildman–Crippen LogP) is 3.84. The summed E-state index contributed by atoms with van der Waals surface area (Å²) >= 11 is 1.31. The third-order valence-electron chi connectivity index (χ3n) is 2.91. The van der Waals surface area contributed by atoms with E-state index in [-0.39, 0.29) is 5.84 Å². The topological polar surface area (TPSA) is 121 Å². The molecule has 0 saturated heterocycles. The van der Waals surface area contributed by atoms with Gasteiger partial charge < -0.3 is 10.5 Å². The molecule has 4 N–H and O–H groups in total.